The lowest BCUT2D eigenvalue weighted by molar-refractivity contribution is -0.130. The van der Waals surface area contributed by atoms with Crippen LogP contribution < -0.4 is 5.73 Å². The first-order valence-electron chi connectivity index (χ1n) is 6.51. The van der Waals surface area contributed by atoms with Crippen molar-refractivity contribution < 1.29 is 4.79 Å². The van der Waals surface area contributed by atoms with E-state index in [0.717, 1.165) is 42.3 Å². The second kappa shape index (κ2) is 6.93. The first-order valence-corrected chi connectivity index (χ1v) is 8.09. The normalized spacial score (nSPS) is 19.1. The van der Waals surface area contributed by atoms with Crippen LogP contribution in [-0.4, -0.2) is 30.4 Å². The van der Waals surface area contributed by atoms with Crippen LogP contribution in [0.2, 0.25) is 8.67 Å². The Balaban J connectivity index is 1.74. The van der Waals surface area contributed by atoms with E-state index in [9.17, 15) is 4.79 Å². The van der Waals surface area contributed by atoms with Crippen molar-refractivity contribution in [3.8, 4) is 0 Å². The minimum absolute atomic E-state index is 0.230. The van der Waals surface area contributed by atoms with Crippen LogP contribution in [0.1, 0.15) is 24.8 Å². The molecule has 6 heteroatoms. The highest BCUT2D eigenvalue weighted by molar-refractivity contribution is 7.20. The zero-order valence-electron chi connectivity index (χ0n) is 10.7. The number of rotatable bonds is 5. The number of halogens is 2. The average Bonchev–Trinajstić information content (AvgIpc) is 2.96. The lowest BCUT2D eigenvalue weighted by Crippen LogP contribution is -2.29. The lowest BCUT2D eigenvalue weighted by Gasteiger charge is -2.16. The van der Waals surface area contributed by atoms with Crippen molar-refractivity contribution >= 4 is 40.4 Å². The van der Waals surface area contributed by atoms with Gasteiger partial charge in [0, 0.05) is 19.5 Å². The molecule has 1 aliphatic heterocycles. The maximum absolute atomic E-state index is 12.0. The SMILES string of the molecule is NC[C@@H]1CCN(C(=O)CCCc2cc(Cl)sc2Cl)C1. The van der Waals surface area contributed by atoms with Crippen LogP contribution in [0.15, 0.2) is 6.07 Å². The van der Waals surface area contributed by atoms with Crippen LogP contribution in [0, 0.1) is 5.92 Å². The number of carbonyl (C=O) groups is 1. The van der Waals surface area contributed by atoms with E-state index in [0.29, 0.717) is 23.2 Å². The van der Waals surface area contributed by atoms with Gasteiger partial charge >= 0.3 is 0 Å². The van der Waals surface area contributed by atoms with Crippen LogP contribution in [0.4, 0.5) is 0 Å². The Morgan fingerprint density at radius 3 is 2.89 bits per heavy atom. The highest BCUT2D eigenvalue weighted by atomic mass is 35.5. The minimum atomic E-state index is 0.230. The van der Waals surface area contributed by atoms with E-state index in [1.807, 2.05) is 11.0 Å². The molecule has 1 aromatic rings. The molecule has 0 unspecified atom stereocenters. The number of hydrogen-bond acceptors (Lipinski definition) is 3. The van der Waals surface area contributed by atoms with Gasteiger partial charge in [-0.15, -0.1) is 11.3 Å². The van der Waals surface area contributed by atoms with E-state index in [1.54, 1.807) is 0 Å². The molecule has 1 aromatic heterocycles. The maximum atomic E-state index is 12.0. The molecule has 1 saturated heterocycles. The van der Waals surface area contributed by atoms with Gasteiger partial charge in [0.25, 0.3) is 0 Å². The van der Waals surface area contributed by atoms with Crippen LogP contribution in [0.5, 0.6) is 0 Å². The average molecular weight is 321 g/mol. The quantitative estimate of drug-likeness (QED) is 0.905. The van der Waals surface area contributed by atoms with Crippen molar-refractivity contribution in [3.05, 3.63) is 20.3 Å². The molecule has 1 amide bonds. The number of nitrogens with two attached hydrogens (primary N) is 1. The van der Waals surface area contributed by atoms with Gasteiger partial charge in [-0.3, -0.25) is 4.79 Å². The van der Waals surface area contributed by atoms with Crippen LogP contribution in [0.3, 0.4) is 0 Å². The molecule has 2 rings (SSSR count). The second-order valence-corrected chi connectivity index (χ2v) is 7.22. The Morgan fingerprint density at radius 2 is 2.32 bits per heavy atom. The Hall–Kier alpha value is -0.290. The van der Waals surface area contributed by atoms with Gasteiger partial charge < -0.3 is 10.6 Å². The van der Waals surface area contributed by atoms with Crippen LogP contribution in [-0.2, 0) is 11.2 Å². The van der Waals surface area contributed by atoms with Crippen molar-refractivity contribution in [3.63, 3.8) is 0 Å². The number of carbonyl (C=O) groups excluding carboxylic acids is 1. The third kappa shape index (κ3) is 4.09. The summed E-state index contributed by atoms with van der Waals surface area (Å²) in [4.78, 5) is 13.9. The molecule has 106 valence electrons. The molecule has 1 fully saturated rings. The molecule has 0 aliphatic carbocycles. The molecule has 1 atom stereocenters. The maximum Gasteiger partial charge on any atom is 0.222 e. The van der Waals surface area contributed by atoms with Gasteiger partial charge in [-0.25, -0.2) is 0 Å². The molecule has 1 aliphatic rings. The van der Waals surface area contributed by atoms with E-state index >= 15 is 0 Å². The molecule has 0 bridgehead atoms. The summed E-state index contributed by atoms with van der Waals surface area (Å²) in [5.74, 6) is 0.711. The number of thiophene rings is 1. The van der Waals surface area contributed by atoms with Crippen molar-refractivity contribution in [2.75, 3.05) is 19.6 Å². The van der Waals surface area contributed by atoms with Gasteiger partial charge in [-0.2, -0.15) is 0 Å². The Labute approximate surface area is 127 Å². The van der Waals surface area contributed by atoms with E-state index in [-0.39, 0.29) is 5.91 Å². The molecule has 2 heterocycles. The van der Waals surface area contributed by atoms with Crippen molar-refractivity contribution in [1.82, 2.24) is 4.90 Å². The first-order chi connectivity index (χ1) is 9.10. The molecule has 0 radical (unpaired) electrons. The summed E-state index contributed by atoms with van der Waals surface area (Å²) >= 11 is 13.3. The molecular formula is C13H18Cl2N2OS. The van der Waals surface area contributed by atoms with Crippen molar-refractivity contribution in [2.24, 2.45) is 11.7 Å². The predicted octanol–water partition coefficient (Wildman–Crippen LogP) is 3.18. The third-order valence-corrected chi connectivity index (χ3v) is 5.10. The van der Waals surface area contributed by atoms with E-state index in [2.05, 4.69) is 0 Å². The fourth-order valence-corrected chi connectivity index (χ4v) is 3.93. The van der Waals surface area contributed by atoms with E-state index < -0.39 is 0 Å². The zero-order chi connectivity index (χ0) is 13.8. The van der Waals surface area contributed by atoms with Gasteiger partial charge in [0.2, 0.25) is 5.91 Å². The molecule has 3 nitrogen and oxygen atoms in total. The summed E-state index contributed by atoms with van der Waals surface area (Å²) in [5, 5.41) is 0. The fourth-order valence-electron chi connectivity index (χ4n) is 2.38. The van der Waals surface area contributed by atoms with Gasteiger partial charge in [0.05, 0.1) is 8.67 Å². The monoisotopic (exact) mass is 320 g/mol. The minimum Gasteiger partial charge on any atom is -0.342 e. The molecule has 19 heavy (non-hydrogen) atoms. The fraction of sp³-hybridized carbons (Fsp3) is 0.615. The third-order valence-electron chi connectivity index (χ3n) is 3.54. The standard InChI is InChI=1S/C13H18Cl2N2OS/c14-11-6-10(13(15)19-11)2-1-3-12(18)17-5-4-9(7-16)8-17/h6,9H,1-5,7-8,16H2/t9-/m0/s1. The number of amides is 1. The molecule has 0 saturated carbocycles. The lowest BCUT2D eigenvalue weighted by atomic mass is 10.1. The second-order valence-electron chi connectivity index (χ2n) is 4.93. The van der Waals surface area contributed by atoms with Crippen LogP contribution >= 0.6 is 34.5 Å². The predicted molar refractivity (Wildman–Crippen MR) is 81.0 cm³/mol. The highest BCUT2D eigenvalue weighted by Crippen LogP contribution is 2.32. The largest absolute Gasteiger partial charge is 0.342 e. The van der Waals surface area contributed by atoms with Gasteiger partial charge in [0.1, 0.15) is 0 Å². The number of likely N-dealkylation sites (tertiary alicyclic amines) is 1. The Morgan fingerprint density at radius 1 is 1.53 bits per heavy atom. The molecule has 2 N–H and O–H groups in total. The van der Waals surface area contributed by atoms with Gasteiger partial charge in [0.15, 0.2) is 0 Å². The van der Waals surface area contributed by atoms with Gasteiger partial charge in [-0.1, -0.05) is 23.2 Å². The highest BCUT2D eigenvalue weighted by Gasteiger charge is 2.24. The first kappa shape index (κ1) is 15.1. The molecule has 0 aromatic carbocycles. The van der Waals surface area contributed by atoms with E-state index in [4.69, 9.17) is 28.9 Å². The number of hydrogen-bond donors (Lipinski definition) is 1. The van der Waals surface area contributed by atoms with Crippen molar-refractivity contribution in [2.45, 2.75) is 25.7 Å². The Bertz CT molecular complexity index is 450. The number of nitrogens with zero attached hydrogens (tertiary/aromatic N) is 1. The smallest absolute Gasteiger partial charge is 0.222 e. The summed E-state index contributed by atoms with van der Waals surface area (Å²) in [6.07, 6.45) is 3.23. The Kier molecular flexibility index (Phi) is 5.51. The molecule has 0 spiro atoms. The summed E-state index contributed by atoms with van der Waals surface area (Å²) in [6, 6.07) is 1.89. The van der Waals surface area contributed by atoms with Gasteiger partial charge in [-0.05, 0) is 43.4 Å². The molecular weight excluding hydrogens is 303 g/mol. The summed E-state index contributed by atoms with van der Waals surface area (Å²) < 4.78 is 1.44. The van der Waals surface area contributed by atoms with Crippen molar-refractivity contribution in [1.29, 1.82) is 0 Å². The topological polar surface area (TPSA) is 46.3 Å². The summed E-state index contributed by atoms with van der Waals surface area (Å²) in [6.45, 7) is 2.35. The van der Waals surface area contributed by atoms with E-state index in [1.165, 1.54) is 11.3 Å². The number of aryl methyl sites for hydroxylation is 1. The zero-order valence-corrected chi connectivity index (χ0v) is 13.0. The summed E-state index contributed by atoms with van der Waals surface area (Å²) in [5.41, 5.74) is 6.67. The van der Waals surface area contributed by atoms with Crippen LogP contribution in [0.25, 0.3) is 0 Å². The summed E-state index contributed by atoms with van der Waals surface area (Å²) in [7, 11) is 0.